The maximum absolute atomic E-state index is 5.52. The third kappa shape index (κ3) is 3.79. The lowest BCUT2D eigenvalue weighted by Gasteiger charge is -2.16. The monoisotopic (exact) mass is 230 g/mol. The molecule has 0 aliphatic carbocycles. The van der Waals surface area contributed by atoms with Gasteiger partial charge in [-0.15, -0.1) is 11.3 Å². The van der Waals surface area contributed by atoms with E-state index in [9.17, 15) is 0 Å². The van der Waals surface area contributed by atoms with Crippen molar-refractivity contribution in [2.75, 3.05) is 13.7 Å². The third-order valence-corrected chi connectivity index (χ3v) is 3.00. The molecule has 0 spiro atoms. The molecular weight excluding hydrogens is 212 g/mol. The van der Waals surface area contributed by atoms with E-state index in [1.165, 1.54) is 0 Å². The Morgan fingerprint density at radius 3 is 2.73 bits per heavy atom. The molecule has 0 radical (unpaired) electrons. The first-order chi connectivity index (χ1) is 7.17. The van der Waals surface area contributed by atoms with Crippen LogP contribution in [0.25, 0.3) is 0 Å². The quantitative estimate of drug-likeness (QED) is 0.577. The molecule has 15 heavy (non-hydrogen) atoms. The van der Waals surface area contributed by atoms with Gasteiger partial charge in [0.25, 0.3) is 0 Å². The van der Waals surface area contributed by atoms with Gasteiger partial charge in [-0.2, -0.15) is 0 Å². The van der Waals surface area contributed by atoms with Crippen LogP contribution in [0.4, 0.5) is 0 Å². The minimum absolute atomic E-state index is 0.0290. The normalized spacial score (nSPS) is 13.1. The van der Waals surface area contributed by atoms with Gasteiger partial charge in [0.1, 0.15) is 5.75 Å². The van der Waals surface area contributed by atoms with Crippen LogP contribution in [-0.4, -0.2) is 19.8 Å². The Bertz CT molecular complexity index is 289. The highest BCUT2D eigenvalue weighted by Gasteiger charge is 2.13. The molecule has 0 fully saturated rings. The zero-order valence-corrected chi connectivity index (χ0v) is 10.1. The maximum Gasteiger partial charge on any atom is 0.129 e. The summed E-state index contributed by atoms with van der Waals surface area (Å²) in [5.74, 6) is 6.34. The number of rotatable bonds is 6. The lowest BCUT2D eigenvalue weighted by Crippen LogP contribution is -2.31. The highest BCUT2D eigenvalue weighted by Crippen LogP contribution is 2.26. The first kappa shape index (κ1) is 12.4. The van der Waals surface area contributed by atoms with Crippen molar-refractivity contribution in [3.05, 3.63) is 16.3 Å². The average molecular weight is 230 g/mol. The first-order valence-corrected chi connectivity index (χ1v) is 5.75. The van der Waals surface area contributed by atoms with E-state index in [1.807, 2.05) is 25.3 Å². The Morgan fingerprint density at radius 1 is 1.53 bits per heavy atom. The molecular formula is C10H18N2O2S. The molecule has 1 aromatic heterocycles. The van der Waals surface area contributed by atoms with Gasteiger partial charge in [0.15, 0.2) is 0 Å². The van der Waals surface area contributed by atoms with Crippen LogP contribution in [0.3, 0.4) is 0 Å². The molecule has 1 unspecified atom stereocenters. The summed E-state index contributed by atoms with van der Waals surface area (Å²) >= 11 is 1.61. The molecule has 1 aromatic rings. The number of nitrogens with one attached hydrogen (secondary N) is 1. The van der Waals surface area contributed by atoms with E-state index in [1.54, 1.807) is 18.4 Å². The zero-order chi connectivity index (χ0) is 11.3. The molecule has 1 rings (SSSR count). The van der Waals surface area contributed by atoms with Gasteiger partial charge in [-0.1, -0.05) is 0 Å². The highest BCUT2D eigenvalue weighted by atomic mass is 32.1. The van der Waals surface area contributed by atoms with Crippen LogP contribution < -0.4 is 16.0 Å². The Morgan fingerprint density at radius 2 is 2.27 bits per heavy atom. The van der Waals surface area contributed by atoms with Gasteiger partial charge in [-0.05, 0) is 19.9 Å². The molecule has 1 heterocycles. The standard InChI is InChI=1S/C10H18N2O2S/c1-7(2)14-5-9(12-11)10-4-8(13-3)6-15-10/h4,6-7,9,12H,5,11H2,1-3H3. The second kappa shape index (κ2) is 6.07. The maximum atomic E-state index is 5.52. The van der Waals surface area contributed by atoms with Crippen LogP contribution in [0.2, 0.25) is 0 Å². The number of hydrogen-bond acceptors (Lipinski definition) is 5. The molecule has 1 atom stereocenters. The molecule has 0 amide bonds. The van der Waals surface area contributed by atoms with Crippen molar-refractivity contribution in [3.63, 3.8) is 0 Å². The lowest BCUT2D eigenvalue weighted by molar-refractivity contribution is 0.0618. The van der Waals surface area contributed by atoms with E-state index in [0.29, 0.717) is 6.61 Å². The molecule has 0 saturated carbocycles. The van der Waals surface area contributed by atoms with Crippen molar-refractivity contribution < 1.29 is 9.47 Å². The summed E-state index contributed by atoms with van der Waals surface area (Å²) in [5.41, 5.74) is 2.74. The van der Waals surface area contributed by atoms with Gasteiger partial charge >= 0.3 is 0 Å². The van der Waals surface area contributed by atoms with Crippen LogP contribution in [0.1, 0.15) is 24.8 Å². The SMILES string of the molecule is COc1csc(C(COC(C)C)NN)c1. The molecule has 3 N–H and O–H groups in total. The summed E-state index contributed by atoms with van der Waals surface area (Å²) in [6.07, 6.45) is 0.211. The van der Waals surface area contributed by atoms with E-state index in [2.05, 4.69) is 5.43 Å². The fraction of sp³-hybridized carbons (Fsp3) is 0.600. The second-order valence-corrected chi connectivity index (χ2v) is 4.43. The minimum atomic E-state index is 0.0290. The predicted octanol–water partition coefficient (Wildman–Crippen LogP) is 1.69. The first-order valence-electron chi connectivity index (χ1n) is 4.87. The Hall–Kier alpha value is -0.620. The molecule has 0 bridgehead atoms. The molecule has 0 aliphatic heterocycles. The zero-order valence-electron chi connectivity index (χ0n) is 9.32. The van der Waals surface area contributed by atoms with Crippen molar-refractivity contribution in [2.24, 2.45) is 5.84 Å². The van der Waals surface area contributed by atoms with Crippen molar-refractivity contribution in [1.82, 2.24) is 5.43 Å². The summed E-state index contributed by atoms with van der Waals surface area (Å²) in [4.78, 5) is 1.12. The molecule has 0 aliphatic rings. The predicted molar refractivity (Wildman–Crippen MR) is 62.0 cm³/mol. The van der Waals surface area contributed by atoms with Crippen LogP contribution in [-0.2, 0) is 4.74 Å². The smallest absolute Gasteiger partial charge is 0.129 e. The van der Waals surface area contributed by atoms with E-state index in [0.717, 1.165) is 10.6 Å². The second-order valence-electron chi connectivity index (χ2n) is 3.49. The van der Waals surface area contributed by atoms with Crippen LogP contribution in [0.15, 0.2) is 11.4 Å². The molecule has 0 aromatic carbocycles. The average Bonchev–Trinajstić information content (AvgIpc) is 2.67. The third-order valence-electron chi connectivity index (χ3n) is 1.97. The van der Waals surface area contributed by atoms with Crippen LogP contribution >= 0.6 is 11.3 Å². The van der Waals surface area contributed by atoms with Crippen molar-refractivity contribution in [3.8, 4) is 5.75 Å². The molecule has 5 heteroatoms. The molecule has 4 nitrogen and oxygen atoms in total. The summed E-state index contributed by atoms with van der Waals surface area (Å²) in [6, 6.07) is 2.00. The number of thiophene rings is 1. The van der Waals surface area contributed by atoms with E-state index in [-0.39, 0.29) is 12.1 Å². The fourth-order valence-electron chi connectivity index (χ4n) is 1.13. The summed E-state index contributed by atoms with van der Waals surface area (Å²) in [7, 11) is 1.65. The van der Waals surface area contributed by atoms with Gasteiger partial charge in [0, 0.05) is 10.3 Å². The Balaban J connectivity index is 2.57. The number of methoxy groups -OCH3 is 1. The van der Waals surface area contributed by atoms with Crippen molar-refractivity contribution in [2.45, 2.75) is 26.0 Å². The molecule has 86 valence electrons. The van der Waals surface area contributed by atoms with E-state index < -0.39 is 0 Å². The van der Waals surface area contributed by atoms with Crippen molar-refractivity contribution in [1.29, 1.82) is 0 Å². The summed E-state index contributed by atoms with van der Waals surface area (Å²) < 4.78 is 10.6. The summed E-state index contributed by atoms with van der Waals surface area (Å²) in [5, 5.41) is 1.95. The number of ether oxygens (including phenoxy) is 2. The van der Waals surface area contributed by atoms with Gasteiger partial charge < -0.3 is 9.47 Å². The Labute approximate surface area is 94.3 Å². The van der Waals surface area contributed by atoms with E-state index >= 15 is 0 Å². The van der Waals surface area contributed by atoms with Crippen molar-refractivity contribution >= 4 is 11.3 Å². The highest BCUT2D eigenvalue weighted by molar-refractivity contribution is 7.10. The Kier molecular flexibility index (Phi) is 5.04. The molecule has 0 saturated heterocycles. The minimum Gasteiger partial charge on any atom is -0.496 e. The van der Waals surface area contributed by atoms with Crippen LogP contribution in [0, 0.1) is 0 Å². The van der Waals surface area contributed by atoms with Gasteiger partial charge in [0.05, 0.1) is 25.9 Å². The van der Waals surface area contributed by atoms with Gasteiger partial charge in [0.2, 0.25) is 0 Å². The van der Waals surface area contributed by atoms with E-state index in [4.69, 9.17) is 15.3 Å². The number of hydrogen-bond donors (Lipinski definition) is 2. The van der Waals surface area contributed by atoms with Gasteiger partial charge in [-0.3, -0.25) is 5.84 Å². The fourth-order valence-corrected chi connectivity index (χ4v) is 2.03. The number of hydrazine groups is 1. The van der Waals surface area contributed by atoms with Crippen LogP contribution in [0.5, 0.6) is 5.75 Å². The lowest BCUT2D eigenvalue weighted by atomic mass is 10.2. The number of nitrogens with two attached hydrogens (primary N) is 1. The van der Waals surface area contributed by atoms with Gasteiger partial charge in [-0.25, -0.2) is 5.43 Å². The summed E-state index contributed by atoms with van der Waals surface area (Å²) in [6.45, 7) is 4.57. The largest absolute Gasteiger partial charge is 0.496 e. The topological polar surface area (TPSA) is 56.5 Å².